The number of aromatic nitrogens is 1. The first-order valence-electron chi connectivity index (χ1n) is 6.46. The van der Waals surface area contributed by atoms with Crippen LogP contribution in [-0.4, -0.2) is 21.6 Å². The SMILES string of the molecule is CCn1cc(N)cc1C(=O)OCc1ccc(C(=O)O)cc1. The summed E-state index contributed by atoms with van der Waals surface area (Å²) in [6, 6.07) is 7.74. The number of rotatable bonds is 5. The van der Waals surface area contributed by atoms with Gasteiger partial charge in [0.05, 0.1) is 11.3 Å². The number of ether oxygens (including phenoxy) is 1. The van der Waals surface area contributed by atoms with E-state index in [2.05, 4.69) is 0 Å². The molecule has 110 valence electrons. The molecule has 21 heavy (non-hydrogen) atoms. The van der Waals surface area contributed by atoms with Crippen LogP contribution in [0.5, 0.6) is 0 Å². The first-order valence-corrected chi connectivity index (χ1v) is 6.46. The molecular formula is C15H16N2O4. The van der Waals surface area contributed by atoms with E-state index in [4.69, 9.17) is 15.6 Å². The van der Waals surface area contributed by atoms with Crippen molar-refractivity contribution in [3.63, 3.8) is 0 Å². The Labute approximate surface area is 121 Å². The van der Waals surface area contributed by atoms with E-state index in [1.165, 1.54) is 12.1 Å². The van der Waals surface area contributed by atoms with Crippen LogP contribution in [0, 0.1) is 0 Å². The minimum atomic E-state index is -0.991. The number of carbonyl (C=O) groups excluding carboxylic acids is 1. The monoisotopic (exact) mass is 288 g/mol. The number of carboxylic acid groups (broad SMARTS) is 1. The number of carbonyl (C=O) groups is 2. The molecule has 0 fully saturated rings. The van der Waals surface area contributed by atoms with Crippen molar-refractivity contribution < 1.29 is 19.4 Å². The van der Waals surface area contributed by atoms with Crippen molar-refractivity contribution >= 4 is 17.6 Å². The Kier molecular flexibility index (Phi) is 4.27. The molecule has 0 unspecified atom stereocenters. The zero-order valence-electron chi connectivity index (χ0n) is 11.6. The molecule has 0 amide bonds. The Morgan fingerprint density at radius 2 is 1.95 bits per heavy atom. The van der Waals surface area contributed by atoms with E-state index in [0.29, 0.717) is 17.9 Å². The van der Waals surface area contributed by atoms with Gasteiger partial charge in [-0.05, 0) is 30.7 Å². The number of aryl methyl sites for hydroxylation is 1. The molecule has 2 rings (SSSR count). The molecule has 0 bridgehead atoms. The van der Waals surface area contributed by atoms with E-state index in [-0.39, 0.29) is 12.2 Å². The Morgan fingerprint density at radius 3 is 2.52 bits per heavy atom. The number of benzene rings is 1. The number of anilines is 1. The number of esters is 1. The normalized spacial score (nSPS) is 10.3. The second-order valence-electron chi connectivity index (χ2n) is 4.52. The van der Waals surface area contributed by atoms with Crippen molar-refractivity contribution in [1.29, 1.82) is 0 Å². The number of hydrogen-bond donors (Lipinski definition) is 2. The van der Waals surface area contributed by atoms with Crippen LogP contribution in [0.15, 0.2) is 36.5 Å². The molecule has 0 radical (unpaired) electrons. The zero-order chi connectivity index (χ0) is 15.4. The summed E-state index contributed by atoms with van der Waals surface area (Å²) in [5, 5.41) is 8.80. The lowest BCUT2D eigenvalue weighted by atomic mass is 10.1. The van der Waals surface area contributed by atoms with E-state index < -0.39 is 11.9 Å². The number of nitrogens with two attached hydrogens (primary N) is 1. The maximum atomic E-state index is 12.0. The predicted octanol–water partition coefficient (Wildman–Crippen LogP) is 2.15. The first kappa shape index (κ1) is 14.6. The Morgan fingerprint density at radius 1 is 1.29 bits per heavy atom. The van der Waals surface area contributed by atoms with Gasteiger partial charge in [-0.2, -0.15) is 0 Å². The summed E-state index contributed by atoms with van der Waals surface area (Å²) in [7, 11) is 0. The van der Waals surface area contributed by atoms with Crippen molar-refractivity contribution in [2.24, 2.45) is 0 Å². The molecule has 1 heterocycles. The van der Waals surface area contributed by atoms with E-state index in [0.717, 1.165) is 5.56 Å². The molecule has 0 aliphatic carbocycles. The molecule has 1 aromatic heterocycles. The highest BCUT2D eigenvalue weighted by atomic mass is 16.5. The predicted molar refractivity (Wildman–Crippen MR) is 77.0 cm³/mol. The molecule has 0 saturated heterocycles. The standard InChI is InChI=1S/C15H16N2O4/c1-2-17-8-12(16)7-13(17)15(20)21-9-10-3-5-11(6-4-10)14(18)19/h3-8H,2,9,16H2,1H3,(H,18,19). The van der Waals surface area contributed by atoms with Gasteiger partial charge in [0.2, 0.25) is 0 Å². The van der Waals surface area contributed by atoms with E-state index in [1.807, 2.05) is 6.92 Å². The number of aromatic carboxylic acids is 1. The van der Waals surface area contributed by atoms with Gasteiger partial charge in [-0.25, -0.2) is 9.59 Å². The average Bonchev–Trinajstić information content (AvgIpc) is 2.86. The zero-order valence-corrected chi connectivity index (χ0v) is 11.6. The van der Waals surface area contributed by atoms with Crippen LogP contribution >= 0.6 is 0 Å². The van der Waals surface area contributed by atoms with Crippen LogP contribution in [0.3, 0.4) is 0 Å². The third kappa shape index (κ3) is 3.42. The largest absolute Gasteiger partial charge is 0.478 e. The van der Waals surface area contributed by atoms with Gasteiger partial charge in [0.15, 0.2) is 0 Å². The van der Waals surface area contributed by atoms with Crippen molar-refractivity contribution in [3.8, 4) is 0 Å². The smallest absolute Gasteiger partial charge is 0.355 e. The maximum Gasteiger partial charge on any atom is 0.355 e. The summed E-state index contributed by atoms with van der Waals surface area (Å²) in [4.78, 5) is 22.7. The third-order valence-electron chi connectivity index (χ3n) is 3.04. The molecule has 0 atom stereocenters. The highest BCUT2D eigenvalue weighted by Crippen LogP contribution is 2.13. The molecule has 3 N–H and O–H groups in total. The van der Waals surface area contributed by atoms with E-state index >= 15 is 0 Å². The third-order valence-corrected chi connectivity index (χ3v) is 3.04. The van der Waals surface area contributed by atoms with E-state index in [9.17, 15) is 9.59 Å². The van der Waals surface area contributed by atoms with Crippen molar-refractivity contribution in [2.45, 2.75) is 20.1 Å². The summed E-state index contributed by atoms with van der Waals surface area (Å²) < 4.78 is 6.92. The summed E-state index contributed by atoms with van der Waals surface area (Å²) in [6.45, 7) is 2.60. The molecule has 0 spiro atoms. The van der Waals surface area contributed by atoms with Gasteiger partial charge >= 0.3 is 11.9 Å². The lowest BCUT2D eigenvalue weighted by Gasteiger charge is -2.07. The number of nitrogens with zero attached hydrogens (tertiary/aromatic N) is 1. The molecule has 0 saturated carbocycles. The summed E-state index contributed by atoms with van der Waals surface area (Å²) in [6.07, 6.45) is 1.68. The van der Waals surface area contributed by atoms with Crippen LogP contribution < -0.4 is 5.73 Å². The molecule has 2 aromatic rings. The van der Waals surface area contributed by atoms with Gasteiger partial charge in [-0.1, -0.05) is 12.1 Å². The Hall–Kier alpha value is -2.76. The minimum Gasteiger partial charge on any atom is -0.478 e. The average molecular weight is 288 g/mol. The van der Waals surface area contributed by atoms with Crippen molar-refractivity contribution in [1.82, 2.24) is 4.57 Å². The summed E-state index contributed by atoms with van der Waals surface area (Å²) in [5.41, 5.74) is 7.48. The lowest BCUT2D eigenvalue weighted by Crippen LogP contribution is -2.11. The van der Waals surface area contributed by atoms with Crippen LogP contribution in [0.4, 0.5) is 5.69 Å². The Bertz CT molecular complexity index is 659. The number of nitrogen functional groups attached to an aromatic ring is 1. The van der Waals surface area contributed by atoms with Crippen LogP contribution in [-0.2, 0) is 17.9 Å². The highest BCUT2D eigenvalue weighted by molar-refractivity contribution is 5.89. The summed E-state index contributed by atoms with van der Waals surface area (Å²) in [5.74, 6) is -1.45. The van der Waals surface area contributed by atoms with Crippen LogP contribution in [0.1, 0.15) is 33.3 Å². The van der Waals surface area contributed by atoms with E-state index in [1.54, 1.807) is 29.0 Å². The molecule has 0 aliphatic heterocycles. The molecule has 6 nitrogen and oxygen atoms in total. The fourth-order valence-corrected chi connectivity index (χ4v) is 1.93. The fourth-order valence-electron chi connectivity index (χ4n) is 1.93. The lowest BCUT2D eigenvalue weighted by molar-refractivity contribution is 0.0459. The topological polar surface area (TPSA) is 94.5 Å². The summed E-state index contributed by atoms with van der Waals surface area (Å²) >= 11 is 0. The Balaban J connectivity index is 2.02. The fraction of sp³-hybridized carbons (Fsp3) is 0.200. The second-order valence-corrected chi connectivity index (χ2v) is 4.52. The van der Waals surface area contributed by atoms with Crippen molar-refractivity contribution in [2.75, 3.05) is 5.73 Å². The molecule has 0 aliphatic rings. The van der Waals surface area contributed by atoms with Gasteiger partial charge < -0.3 is 20.1 Å². The highest BCUT2D eigenvalue weighted by Gasteiger charge is 2.13. The second kappa shape index (κ2) is 6.13. The van der Waals surface area contributed by atoms with Gasteiger partial charge in [0.1, 0.15) is 12.3 Å². The van der Waals surface area contributed by atoms with Gasteiger partial charge in [0, 0.05) is 12.7 Å². The van der Waals surface area contributed by atoms with Gasteiger partial charge in [0.25, 0.3) is 0 Å². The number of hydrogen-bond acceptors (Lipinski definition) is 4. The maximum absolute atomic E-state index is 12.0. The molecular weight excluding hydrogens is 272 g/mol. The molecule has 6 heteroatoms. The quantitative estimate of drug-likeness (QED) is 0.822. The number of carboxylic acids is 1. The van der Waals surface area contributed by atoms with Crippen LogP contribution in [0.25, 0.3) is 0 Å². The van der Waals surface area contributed by atoms with Gasteiger partial charge in [-0.15, -0.1) is 0 Å². The van der Waals surface area contributed by atoms with Crippen LogP contribution in [0.2, 0.25) is 0 Å². The van der Waals surface area contributed by atoms with Gasteiger partial charge in [-0.3, -0.25) is 0 Å². The molecule has 1 aromatic carbocycles. The first-order chi connectivity index (χ1) is 10.0. The van der Waals surface area contributed by atoms with Crippen molar-refractivity contribution in [3.05, 3.63) is 53.3 Å². The minimum absolute atomic E-state index is 0.0769.